The maximum Gasteiger partial charge on any atom is 0.266 e. The van der Waals surface area contributed by atoms with Crippen molar-refractivity contribution in [2.24, 2.45) is 5.73 Å². The zero-order valence-electron chi connectivity index (χ0n) is 19.4. The van der Waals surface area contributed by atoms with Gasteiger partial charge in [-0.15, -0.1) is 0 Å². The summed E-state index contributed by atoms with van der Waals surface area (Å²) in [7, 11) is 0. The van der Waals surface area contributed by atoms with E-state index in [1.807, 2.05) is 6.07 Å². The second-order valence-corrected chi connectivity index (χ2v) is 7.97. The third-order valence-corrected chi connectivity index (χ3v) is 5.68. The molecule has 7 N–H and O–H groups in total. The number of benzene rings is 2. The molecular formula is C24H21F2N9O2. The predicted octanol–water partition coefficient (Wildman–Crippen LogP) is 2.81. The molecule has 2 heterocycles. The standard InChI is InChI=1S/C24H21F2N9O2/c1-2-15(31-21-14(10-27)19(28)33-24(30)34-21)22-32-16-8-4-7-13(18(25)26)17(16)23(37)35(22)12-6-3-5-11(9-12)20(29)36/h3-9,15,18H,2H2,1H3,(H2,29,36)(H5,28,30,31,33,34). The second-order valence-electron chi connectivity index (χ2n) is 7.97. The molecule has 4 rings (SSSR count). The number of rotatable bonds is 7. The Bertz CT molecular complexity index is 1630. The van der Waals surface area contributed by atoms with Crippen LogP contribution in [0, 0.1) is 11.3 Å². The van der Waals surface area contributed by atoms with Gasteiger partial charge < -0.3 is 22.5 Å². The molecule has 0 aliphatic heterocycles. The van der Waals surface area contributed by atoms with Crippen molar-refractivity contribution in [3.8, 4) is 11.8 Å². The van der Waals surface area contributed by atoms with Gasteiger partial charge in [0.2, 0.25) is 11.9 Å². The van der Waals surface area contributed by atoms with Crippen LogP contribution in [0.15, 0.2) is 47.3 Å². The fraction of sp³-hybridized carbons (Fsp3) is 0.167. The zero-order chi connectivity index (χ0) is 26.9. The number of hydrogen-bond donors (Lipinski definition) is 4. The molecule has 0 radical (unpaired) electrons. The third kappa shape index (κ3) is 4.59. The number of amides is 1. The average molecular weight is 505 g/mol. The maximum absolute atomic E-state index is 13.8. The number of nitrogens with two attached hydrogens (primary N) is 3. The molecule has 0 saturated carbocycles. The van der Waals surface area contributed by atoms with E-state index in [0.717, 1.165) is 10.6 Å². The minimum absolute atomic E-state index is 0.00691. The van der Waals surface area contributed by atoms with Crippen LogP contribution < -0.4 is 28.1 Å². The smallest absolute Gasteiger partial charge is 0.266 e. The third-order valence-electron chi connectivity index (χ3n) is 5.68. The molecule has 0 saturated heterocycles. The number of nitrogens with one attached hydrogen (secondary N) is 1. The number of alkyl halides is 2. The molecule has 1 amide bonds. The molecule has 1 unspecified atom stereocenters. The minimum Gasteiger partial charge on any atom is -0.382 e. The van der Waals surface area contributed by atoms with Crippen LogP contribution in [-0.4, -0.2) is 25.4 Å². The van der Waals surface area contributed by atoms with Crippen molar-refractivity contribution in [1.29, 1.82) is 5.26 Å². The Morgan fingerprint density at radius 2 is 1.89 bits per heavy atom. The molecule has 0 aliphatic rings. The number of hydrogen-bond acceptors (Lipinski definition) is 9. The SMILES string of the molecule is CCC(Nc1nc(N)nc(N)c1C#N)c1nc2cccc(C(F)F)c2c(=O)n1-c1cccc(C(N)=O)c1. The zero-order valence-corrected chi connectivity index (χ0v) is 19.4. The highest BCUT2D eigenvalue weighted by atomic mass is 19.3. The number of carbonyl (C=O) groups excluding carboxylic acids is 1. The van der Waals surface area contributed by atoms with Crippen molar-refractivity contribution in [3.05, 3.63) is 75.3 Å². The van der Waals surface area contributed by atoms with Gasteiger partial charge in [0.15, 0.2) is 5.82 Å². The molecule has 2 aromatic heterocycles. The van der Waals surface area contributed by atoms with Crippen molar-refractivity contribution in [2.75, 3.05) is 16.8 Å². The van der Waals surface area contributed by atoms with E-state index in [9.17, 15) is 23.6 Å². The summed E-state index contributed by atoms with van der Waals surface area (Å²) in [6.07, 6.45) is -2.63. The van der Waals surface area contributed by atoms with Gasteiger partial charge in [-0.2, -0.15) is 15.2 Å². The predicted molar refractivity (Wildman–Crippen MR) is 133 cm³/mol. The highest BCUT2D eigenvalue weighted by molar-refractivity contribution is 5.93. The summed E-state index contributed by atoms with van der Waals surface area (Å²) in [5.74, 6) is -0.963. The number of halogens is 2. The summed E-state index contributed by atoms with van der Waals surface area (Å²) in [5.41, 5.74) is 15.9. The van der Waals surface area contributed by atoms with Crippen molar-refractivity contribution >= 4 is 34.4 Å². The Labute approximate surface area is 208 Å². The van der Waals surface area contributed by atoms with E-state index in [2.05, 4.69) is 20.3 Å². The van der Waals surface area contributed by atoms with Gasteiger partial charge in [-0.05, 0) is 30.7 Å². The van der Waals surface area contributed by atoms with Crippen LogP contribution in [0.3, 0.4) is 0 Å². The Balaban J connectivity index is 2.03. The first-order valence-electron chi connectivity index (χ1n) is 11.0. The van der Waals surface area contributed by atoms with Gasteiger partial charge in [0.05, 0.1) is 22.6 Å². The molecule has 11 nitrogen and oxygen atoms in total. The van der Waals surface area contributed by atoms with Crippen LogP contribution >= 0.6 is 0 Å². The van der Waals surface area contributed by atoms with E-state index in [1.54, 1.807) is 6.92 Å². The van der Waals surface area contributed by atoms with Crippen molar-refractivity contribution < 1.29 is 13.6 Å². The van der Waals surface area contributed by atoms with Crippen molar-refractivity contribution in [1.82, 2.24) is 19.5 Å². The number of nitrogen functional groups attached to an aromatic ring is 2. The summed E-state index contributed by atoms with van der Waals surface area (Å²) in [4.78, 5) is 38.0. The molecule has 13 heteroatoms. The van der Waals surface area contributed by atoms with Crippen LogP contribution in [0.25, 0.3) is 16.6 Å². The van der Waals surface area contributed by atoms with Gasteiger partial charge >= 0.3 is 0 Å². The Morgan fingerprint density at radius 1 is 1.16 bits per heavy atom. The van der Waals surface area contributed by atoms with Gasteiger partial charge in [-0.3, -0.25) is 14.2 Å². The fourth-order valence-electron chi connectivity index (χ4n) is 3.96. The molecule has 37 heavy (non-hydrogen) atoms. The average Bonchev–Trinajstić information content (AvgIpc) is 2.86. The van der Waals surface area contributed by atoms with E-state index in [4.69, 9.17) is 17.2 Å². The molecular weight excluding hydrogens is 484 g/mol. The molecule has 1 atom stereocenters. The first-order chi connectivity index (χ1) is 17.7. The molecule has 0 bridgehead atoms. The normalized spacial score (nSPS) is 11.9. The number of nitriles is 1. The number of fused-ring (bicyclic) bond motifs is 1. The lowest BCUT2D eigenvalue weighted by atomic mass is 10.1. The van der Waals surface area contributed by atoms with Gasteiger partial charge in [-0.25, -0.2) is 13.8 Å². The van der Waals surface area contributed by atoms with Gasteiger partial charge in [0.1, 0.15) is 23.3 Å². The van der Waals surface area contributed by atoms with Gasteiger partial charge in [0, 0.05) is 11.1 Å². The van der Waals surface area contributed by atoms with E-state index in [-0.39, 0.29) is 51.1 Å². The second kappa shape index (κ2) is 9.86. The first-order valence-corrected chi connectivity index (χ1v) is 11.0. The van der Waals surface area contributed by atoms with Crippen LogP contribution in [0.4, 0.5) is 26.4 Å². The number of anilines is 3. The summed E-state index contributed by atoms with van der Waals surface area (Å²) in [6.45, 7) is 1.77. The molecule has 4 aromatic rings. The lowest BCUT2D eigenvalue weighted by Gasteiger charge is -2.23. The molecule has 188 valence electrons. The summed E-state index contributed by atoms with van der Waals surface area (Å²) < 4.78 is 28.8. The van der Waals surface area contributed by atoms with Crippen LogP contribution in [0.5, 0.6) is 0 Å². The fourth-order valence-corrected chi connectivity index (χ4v) is 3.96. The number of primary amides is 1. The largest absolute Gasteiger partial charge is 0.382 e. The lowest BCUT2D eigenvalue weighted by molar-refractivity contribution is 0.1000. The highest BCUT2D eigenvalue weighted by Crippen LogP contribution is 2.30. The van der Waals surface area contributed by atoms with Crippen molar-refractivity contribution in [3.63, 3.8) is 0 Å². The Morgan fingerprint density at radius 3 is 2.54 bits per heavy atom. The minimum atomic E-state index is -2.93. The number of aromatic nitrogens is 4. The van der Waals surface area contributed by atoms with E-state index < -0.39 is 29.5 Å². The number of carbonyl (C=O) groups is 1. The topological polar surface area (TPSA) is 192 Å². The summed E-state index contributed by atoms with van der Waals surface area (Å²) >= 11 is 0. The van der Waals surface area contributed by atoms with Gasteiger partial charge in [-0.1, -0.05) is 25.1 Å². The summed E-state index contributed by atoms with van der Waals surface area (Å²) in [6, 6.07) is 10.9. The first kappa shape index (κ1) is 25.0. The van der Waals surface area contributed by atoms with E-state index >= 15 is 0 Å². The molecule has 0 spiro atoms. The summed E-state index contributed by atoms with van der Waals surface area (Å²) in [5, 5.41) is 12.3. The number of nitrogens with zero attached hydrogens (tertiary/aromatic N) is 5. The van der Waals surface area contributed by atoms with E-state index in [1.165, 1.54) is 36.4 Å². The van der Waals surface area contributed by atoms with E-state index in [0.29, 0.717) is 6.42 Å². The molecule has 0 fully saturated rings. The Hall–Kier alpha value is -5.12. The maximum atomic E-state index is 13.8. The van der Waals surface area contributed by atoms with Crippen LogP contribution in [0.2, 0.25) is 0 Å². The molecule has 0 aliphatic carbocycles. The van der Waals surface area contributed by atoms with Crippen molar-refractivity contribution in [2.45, 2.75) is 25.8 Å². The molecule has 2 aromatic carbocycles. The quantitative estimate of drug-likeness (QED) is 0.292. The monoisotopic (exact) mass is 505 g/mol. The van der Waals surface area contributed by atoms with Gasteiger partial charge in [0.25, 0.3) is 12.0 Å². The van der Waals surface area contributed by atoms with Crippen LogP contribution in [0.1, 0.15) is 53.1 Å². The highest BCUT2D eigenvalue weighted by Gasteiger charge is 2.25. The Kier molecular flexibility index (Phi) is 6.66. The van der Waals surface area contributed by atoms with Crippen LogP contribution in [-0.2, 0) is 0 Å². The lowest BCUT2D eigenvalue weighted by Crippen LogP contribution is -2.29.